The minimum Gasteiger partial charge on any atom is -0.382 e. The van der Waals surface area contributed by atoms with Crippen LogP contribution in [0.2, 0.25) is 0 Å². The summed E-state index contributed by atoms with van der Waals surface area (Å²) in [7, 11) is 0. The van der Waals surface area contributed by atoms with Crippen molar-refractivity contribution in [3.05, 3.63) is 71.4 Å². The van der Waals surface area contributed by atoms with Crippen molar-refractivity contribution >= 4 is 23.3 Å². The molecule has 2 amide bonds. The molecule has 0 bridgehead atoms. The number of carbonyl (C=O) groups is 2. The van der Waals surface area contributed by atoms with Crippen LogP contribution in [-0.2, 0) is 17.8 Å². The number of nitrogens with two attached hydrogens (primary N) is 1. The molecule has 28 heavy (non-hydrogen) atoms. The Morgan fingerprint density at radius 1 is 1.11 bits per heavy atom. The maximum atomic E-state index is 12.3. The summed E-state index contributed by atoms with van der Waals surface area (Å²) in [4.78, 5) is 24.5. The topological polar surface area (TPSA) is 115 Å². The SMILES string of the molecule is Cc1cccc(NC(=O)Cn2nnc(C(=O)NCCc3ccccc3)c2N)c1. The predicted molar refractivity (Wildman–Crippen MR) is 107 cm³/mol. The highest BCUT2D eigenvalue weighted by Gasteiger charge is 2.18. The van der Waals surface area contributed by atoms with E-state index in [1.165, 1.54) is 4.68 Å². The van der Waals surface area contributed by atoms with E-state index in [1.807, 2.05) is 55.5 Å². The number of amides is 2. The van der Waals surface area contributed by atoms with Gasteiger partial charge in [-0.1, -0.05) is 47.7 Å². The van der Waals surface area contributed by atoms with Crippen LogP contribution < -0.4 is 16.4 Å². The fourth-order valence-corrected chi connectivity index (χ4v) is 2.71. The minimum atomic E-state index is -0.418. The summed E-state index contributed by atoms with van der Waals surface area (Å²) >= 11 is 0. The summed E-state index contributed by atoms with van der Waals surface area (Å²) in [5.41, 5.74) is 8.80. The molecule has 0 saturated heterocycles. The lowest BCUT2D eigenvalue weighted by Gasteiger charge is -2.07. The number of benzene rings is 2. The highest BCUT2D eigenvalue weighted by molar-refractivity contribution is 5.96. The normalized spacial score (nSPS) is 10.5. The number of aryl methyl sites for hydroxylation is 1. The zero-order valence-electron chi connectivity index (χ0n) is 15.6. The van der Waals surface area contributed by atoms with Gasteiger partial charge in [0.25, 0.3) is 5.91 Å². The molecule has 1 aromatic heterocycles. The number of rotatable bonds is 7. The zero-order chi connectivity index (χ0) is 19.9. The van der Waals surface area contributed by atoms with Crippen molar-refractivity contribution in [1.29, 1.82) is 0 Å². The number of aromatic nitrogens is 3. The Hall–Kier alpha value is -3.68. The van der Waals surface area contributed by atoms with E-state index < -0.39 is 5.91 Å². The maximum Gasteiger partial charge on any atom is 0.275 e. The van der Waals surface area contributed by atoms with E-state index in [-0.39, 0.29) is 24.0 Å². The summed E-state index contributed by atoms with van der Waals surface area (Å²) in [6.07, 6.45) is 0.694. The molecule has 0 spiro atoms. The quantitative estimate of drug-likeness (QED) is 0.580. The number of carbonyl (C=O) groups excluding carboxylic acids is 2. The molecular weight excluding hydrogens is 356 g/mol. The van der Waals surface area contributed by atoms with Crippen LogP contribution in [0.5, 0.6) is 0 Å². The van der Waals surface area contributed by atoms with Crippen LogP contribution in [0.15, 0.2) is 54.6 Å². The van der Waals surface area contributed by atoms with Gasteiger partial charge in [0, 0.05) is 12.2 Å². The van der Waals surface area contributed by atoms with Gasteiger partial charge in [0.15, 0.2) is 11.5 Å². The average molecular weight is 378 g/mol. The molecule has 0 atom stereocenters. The summed E-state index contributed by atoms with van der Waals surface area (Å²) < 4.78 is 1.21. The zero-order valence-corrected chi connectivity index (χ0v) is 15.6. The number of anilines is 2. The van der Waals surface area contributed by atoms with Crippen LogP contribution in [0.4, 0.5) is 11.5 Å². The van der Waals surface area contributed by atoms with Crippen LogP contribution in [0.3, 0.4) is 0 Å². The van der Waals surface area contributed by atoms with Gasteiger partial charge in [-0.05, 0) is 36.6 Å². The van der Waals surface area contributed by atoms with E-state index in [9.17, 15) is 9.59 Å². The van der Waals surface area contributed by atoms with E-state index in [2.05, 4.69) is 20.9 Å². The summed E-state index contributed by atoms with van der Waals surface area (Å²) in [5.74, 6) is -0.673. The first-order chi connectivity index (χ1) is 13.5. The molecule has 3 rings (SSSR count). The molecule has 144 valence electrons. The highest BCUT2D eigenvalue weighted by atomic mass is 16.2. The third-order valence-corrected chi connectivity index (χ3v) is 4.13. The van der Waals surface area contributed by atoms with E-state index in [4.69, 9.17) is 5.73 Å². The maximum absolute atomic E-state index is 12.3. The molecule has 0 saturated carbocycles. The largest absolute Gasteiger partial charge is 0.382 e. The second-order valence-corrected chi connectivity index (χ2v) is 6.39. The van der Waals surface area contributed by atoms with E-state index >= 15 is 0 Å². The van der Waals surface area contributed by atoms with Gasteiger partial charge in [0.1, 0.15) is 6.54 Å². The Labute approximate surface area is 162 Å². The molecule has 2 aromatic carbocycles. The van der Waals surface area contributed by atoms with Crippen molar-refractivity contribution in [2.45, 2.75) is 19.9 Å². The number of nitrogen functional groups attached to an aromatic ring is 1. The van der Waals surface area contributed by atoms with Gasteiger partial charge in [-0.2, -0.15) is 0 Å². The Morgan fingerprint density at radius 2 is 1.89 bits per heavy atom. The first-order valence-corrected chi connectivity index (χ1v) is 8.90. The van der Waals surface area contributed by atoms with Crippen LogP contribution in [0, 0.1) is 6.92 Å². The Bertz CT molecular complexity index is 968. The molecule has 0 fully saturated rings. The van der Waals surface area contributed by atoms with Gasteiger partial charge in [0.05, 0.1) is 0 Å². The van der Waals surface area contributed by atoms with Crippen LogP contribution in [-0.4, -0.2) is 33.4 Å². The molecule has 4 N–H and O–H groups in total. The van der Waals surface area contributed by atoms with Crippen molar-refractivity contribution in [3.63, 3.8) is 0 Å². The van der Waals surface area contributed by atoms with Gasteiger partial charge in [-0.25, -0.2) is 4.68 Å². The first kappa shape index (κ1) is 19.1. The average Bonchev–Trinajstić information content (AvgIpc) is 3.03. The molecular formula is C20H22N6O2. The van der Waals surface area contributed by atoms with Gasteiger partial charge in [-0.15, -0.1) is 5.10 Å². The summed E-state index contributed by atoms with van der Waals surface area (Å²) in [6.45, 7) is 2.25. The Morgan fingerprint density at radius 3 is 2.64 bits per heavy atom. The molecule has 8 nitrogen and oxygen atoms in total. The van der Waals surface area contributed by atoms with E-state index in [1.54, 1.807) is 6.07 Å². The molecule has 1 heterocycles. The fourth-order valence-electron chi connectivity index (χ4n) is 2.71. The van der Waals surface area contributed by atoms with Gasteiger partial charge < -0.3 is 16.4 Å². The van der Waals surface area contributed by atoms with Crippen LogP contribution in [0.25, 0.3) is 0 Å². The third-order valence-electron chi connectivity index (χ3n) is 4.13. The van der Waals surface area contributed by atoms with Gasteiger partial charge >= 0.3 is 0 Å². The number of nitrogens with one attached hydrogen (secondary N) is 2. The molecule has 0 unspecified atom stereocenters. The lowest BCUT2D eigenvalue weighted by molar-refractivity contribution is -0.116. The number of hydrogen-bond donors (Lipinski definition) is 3. The van der Waals surface area contributed by atoms with Gasteiger partial charge in [-0.3, -0.25) is 9.59 Å². The van der Waals surface area contributed by atoms with Crippen molar-refractivity contribution < 1.29 is 9.59 Å². The smallest absolute Gasteiger partial charge is 0.275 e. The second-order valence-electron chi connectivity index (χ2n) is 6.39. The summed E-state index contributed by atoms with van der Waals surface area (Å²) in [5, 5.41) is 13.2. The predicted octanol–water partition coefficient (Wildman–Crippen LogP) is 1.78. The lowest BCUT2D eigenvalue weighted by atomic mass is 10.1. The standard InChI is InChI=1S/C20H22N6O2/c1-14-6-5-9-16(12-14)23-17(27)13-26-19(21)18(24-25-26)20(28)22-11-10-15-7-3-2-4-8-15/h2-9,12H,10-11,13,21H2,1H3,(H,22,28)(H,23,27). The molecule has 0 aliphatic heterocycles. The van der Waals surface area contributed by atoms with Crippen LogP contribution >= 0.6 is 0 Å². The monoisotopic (exact) mass is 378 g/mol. The molecule has 0 aliphatic carbocycles. The third kappa shape index (κ3) is 4.94. The van der Waals surface area contributed by atoms with Gasteiger partial charge in [0.2, 0.25) is 5.91 Å². The van der Waals surface area contributed by atoms with Crippen molar-refractivity contribution in [3.8, 4) is 0 Å². The minimum absolute atomic E-state index is 0.0106. The van der Waals surface area contributed by atoms with E-state index in [0.29, 0.717) is 18.7 Å². The molecule has 8 heteroatoms. The number of nitrogens with zero attached hydrogens (tertiary/aromatic N) is 3. The molecule has 0 aliphatic rings. The van der Waals surface area contributed by atoms with E-state index in [0.717, 1.165) is 11.1 Å². The lowest BCUT2D eigenvalue weighted by Crippen LogP contribution is -2.27. The Balaban J connectivity index is 1.55. The fraction of sp³-hybridized carbons (Fsp3) is 0.200. The second kappa shape index (κ2) is 8.81. The van der Waals surface area contributed by atoms with Crippen molar-refractivity contribution in [2.75, 3.05) is 17.6 Å². The van der Waals surface area contributed by atoms with Crippen molar-refractivity contribution in [2.24, 2.45) is 0 Å². The number of hydrogen-bond acceptors (Lipinski definition) is 5. The van der Waals surface area contributed by atoms with Crippen LogP contribution in [0.1, 0.15) is 21.6 Å². The first-order valence-electron chi connectivity index (χ1n) is 8.90. The summed E-state index contributed by atoms with van der Waals surface area (Å²) in [6, 6.07) is 17.3. The Kier molecular flexibility index (Phi) is 6.01. The molecule has 0 radical (unpaired) electrons. The van der Waals surface area contributed by atoms with Crippen molar-refractivity contribution in [1.82, 2.24) is 20.3 Å². The highest BCUT2D eigenvalue weighted by Crippen LogP contribution is 2.11. The molecule has 3 aromatic rings.